The molecule has 0 bridgehead atoms. The van der Waals surface area contributed by atoms with Crippen LogP contribution in [-0.4, -0.2) is 47.1 Å². The Morgan fingerprint density at radius 2 is 2.12 bits per heavy atom. The molecule has 1 amide bonds. The van der Waals surface area contributed by atoms with E-state index >= 15 is 0 Å². The van der Waals surface area contributed by atoms with Crippen LogP contribution in [0, 0.1) is 0 Å². The van der Waals surface area contributed by atoms with Crippen molar-refractivity contribution in [1.29, 1.82) is 0 Å². The Balaban J connectivity index is 1.86. The van der Waals surface area contributed by atoms with E-state index in [9.17, 15) is 13.2 Å². The second-order valence-corrected chi connectivity index (χ2v) is 8.75. The summed E-state index contributed by atoms with van der Waals surface area (Å²) in [7, 11) is -3.18. The second kappa shape index (κ2) is 7.17. The molecule has 0 aliphatic carbocycles. The Labute approximate surface area is 152 Å². The predicted molar refractivity (Wildman–Crippen MR) is 96.2 cm³/mol. The highest BCUT2D eigenvalue weighted by Gasteiger charge is 2.35. The molecule has 25 heavy (non-hydrogen) atoms. The first kappa shape index (κ1) is 17.9. The Bertz CT molecular complexity index is 879. The third-order valence-corrected chi connectivity index (χ3v) is 6.41. The van der Waals surface area contributed by atoms with Gasteiger partial charge in [0.2, 0.25) is 5.91 Å². The summed E-state index contributed by atoms with van der Waals surface area (Å²) in [5, 5.41) is 4.75. The van der Waals surface area contributed by atoms with Crippen molar-refractivity contribution in [2.24, 2.45) is 0 Å². The average Bonchev–Trinajstić information content (AvgIpc) is 3.05. The molecule has 1 fully saturated rings. The third-order valence-electron chi connectivity index (χ3n) is 4.41. The zero-order valence-corrected chi connectivity index (χ0v) is 15.5. The number of amides is 1. The molecule has 1 saturated heterocycles. The molecular formula is C17H20ClN3O3S. The van der Waals surface area contributed by atoms with Crippen LogP contribution in [0.2, 0.25) is 5.02 Å². The van der Waals surface area contributed by atoms with Crippen LogP contribution in [0.1, 0.15) is 24.1 Å². The second-order valence-electron chi connectivity index (χ2n) is 6.11. The predicted octanol–water partition coefficient (Wildman–Crippen LogP) is 2.10. The van der Waals surface area contributed by atoms with Gasteiger partial charge in [-0.3, -0.25) is 9.48 Å². The first-order valence-corrected chi connectivity index (χ1v) is 10.3. The van der Waals surface area contributed by atoms with Crippen LogP contribution in [0.25, 0.3) is 0 Å². The molecule has 0 unspecified atom stereocenters. The van der Waals surface area contributed by atoms with E-state index in [1.165, 1.54) is 0 Å². The van der Waals surface area contributed by atoms with Crippen molar-refractivity contribution in [3.8, 4) is 0 Å². The number of rotatable bonds is 4. The molecule has 1 aliphatic heterocycles. The van der Waals surface area contributed by atoms with E-state index in [4.69, 9.17) is 11.6 Å². The standard InChI is InChI=1S/C17H20ClN3O3S/c1-2-20-11-14(10-19-20)16-12-25(23,24)8-7-21(16)17(22)9-13-5-3-4-6-15(13)18/h3-6,10-11,16H,2,7-9,12H2,1H3/t16-/m0/s1. The van der Waals surface area contributed by atoms with E-state index in [0.717, 1.165) is 11.1 Å². The largest absolute Gasteiger partial charge is 0.333 e. The van der Waals surface area contributed by atoms with Gasteiger partial charge >= 0.3 is 0 Å². The van der Waals surface area contributed by atoms with Gasteiger partial charge in [-0.1, -0.05) is 29.8 Å². The van der Waals surface area contributed by atoms with Gasteiger partial charge < -0.3 is 4.90 Å². The first-order chi connectivity index (χ1) is 11.9. The highest BCUT2D eigenvalue weighted by atomic mass is 35.5. The SMILES string of the molecule is CCn1cc([C@@H]2CS(=O)(=O)CCN2C(=O)Cc2ccccc2Cl)cn1. The van der Waals surface area contributed by atoms with Crippen molar-refractivity contribution in [2.75, 3.05) is 18.1 Å². The van der Waals surface area contributed by atoms with Crippen molar-refractivity contribution in [2.45, 2.75) is 25.9 Å². The molecule has 1 atom stereocenters. The summed E-state index contributed by atoms with van der Waals surface area (Å²) in [6.45, 7) is 2.83. The normalized spacial score (nSPS) is 19.8. The number of nitrogens with zero attached hydrogens (tertiary/aromatic N) is 3. The molecule has 6 nitrogen and oxygen atoms in total. The fraction of sp³-hybridized carbons (Fsp3) is 0.412. The van der Waals surface area contributed by atoms with Crippen molar-refractivity contribution >= 4 is 27.3 Å². The zero-order chi connectivity index (χ0) is 18.0. The molecule has 2 heterocycles. The van der Waals surface area contributed by atoms with Crippen LogP contribution in [-0.2, 0) is 27.6 Å². The monoisotopic (exact) mass is 381 g/mol. The van der Waals surface area contributed by atoms with Gasteiger partial charge in [-0.25, -0.2) is 8.42 Å². The van der Waals surface area contributed by atoms with Crippen LogP contribution >= 0.6 is 11.6 Å². The van der Waals surface area contributed by atoms with Gasteiger partial charge in [0.15, 0.2) is 9.84 Å². The topological polar surface area (TPSA) is 72.3 Å². The van der Waals surface area contributed by atoms with Gasteiger partial charge in [-0.15, -0.1) is 0 Å². The van der Waals surface area contributed by atoms with Crippen LogP contribution in [0.4, 0.5) is 0 Å². The van der Waals surface area contributed by atoms with Crippen LogP contribution < -0.4 is 0 Å². The number of carbonyl (C=O) groups is 1. The minimum atomic E-state index is -3.18. The average molecular weight is 382 g/mol. The number of aromatic nitrogens is 2. The van der Waals surface area contributed by atoms with E-state index in [1.807, 2.05) is 25.1 Å². The summed E-state index contributed by atoms with van der Waals surface area (Å²) >= 11 is 6.15. The number of hydrogen-bond donors (Lipinski definition) is 0. The molecule has 1 aromatic heterocycles. The lowest BCUT2D eigenvalue weighted by atomic mass is 10.1. The Hall–Kier alpha value is -1.86. The maximum atomic E-state index is 12.8. The molecule has 1 aliphatic rings. The molecule has 2 aromatic rings. The number of hydrogen-bond acceptors (Lipinski definition) is 4. The van der Waals surface area contributed by atoms with Crippen molar-refractivity contribution in [1.82, 2.24) is 14.7 Å². The van der Waals surface area contributed by atoms with Gasteiger partial charge in [0.25, 0.3) is 0 Å². The molecule has 0 saturated carbocycles. The summed E-state index contributed by atoms with van der Waals surface area (Å²) < 4.78 is 25.9. The van der Waals surface area contributed by atoms with Gasteiger partial charge in [0.1, 0.15) is 0 Å². The molecule has 3 rings (SSSR count). The molecule has 0 radical (unpaired) electrons. The van der Waals surface area contributed by atoms with E-state index < -0.39 is 15.9 Å². The minimum absolute atomic E-state index is 0.0142. The highest BCUT2D eigenvalue weighted by Crippen LogP contribution is 2.28. The number of benzene rings is 1. The third kappa shape index (κ3) is 4.04. The molecule has 0 N–H and O–H groups in total. The van der Waals surface area contributed by atoms with Crippen molar-refractivity contribution < 1.29 is 13.2 Å². The number of halogens is 1. The minimum Gasteiger partial charge on any atom is -0.333 e. The lowest BCUT2D eigenvalue weighted by Crippen LogP contribution is -2.46. The quantitative estimate of drug-likeness (QED) is 0.813. The summed E-state index contributed by atoms with van der Waals surface area (Å²) in [4.78, 5) is 14.5. The van der Waals surface area contributed by atoms with Gasteiger partial charge in [0.05, 0.1) is 30.2 Å². The first-order valence-electron chi connectivity index (χ1n) is 8.15. The van der Waals surface area contributed by atoms with Gasteiger partial charge in [0, 0.05) is 29.9 Å². The van der Waals surface area contributed by atoms with E-state index in [1.54, 1.807) is 28.0 Å². The Morgan fingerprint density at radius 3 is 2.80 bits per heavy atom. The smallest absolute Gasteiger partial charge is 0.227 e. The maximum absolute atomic E-state index is 12.8. The number of sulfone groups is 1. The Kier molecular flexibility index (Phi) is 5.15. The van der Waals surface area contributed by atoms with Crippen molar-refractivity contribution in [3.05, 3.63) is 52.8 Å². The number of carbonyl (C=O) groups excluding carboxylic acids is 1. The van der Waals surface area contributed by atoms with Gasteiger partial charge in [-0.05, 0) is 18.6 Å². The summed E-state index contributed by atoms with van der Waals surface area (Å²) in [6.07, 6.45) is 3.60. The number of aryl methyl sites for hydroxylation is 1. The van der Waals surface area contributed by atoms with Gasteiger partial charge in [-0.2, -0.15) is 5.10 Å². The molecule has 134 valence electrons. The fourth-order valence-electron chi connectivity index (χ4n) is 3.01. The van der Waals surface area contributed by atoms with Crippen LogP contribution in [0.5, 0.6) is 0 Å². The van der Waals surface area contributed by atoms with E-state index in [2.05, 4.69) is 5.10 Å². The molecular weight excluding hydrogens is 362 g/mol. The Morgan fingerprint density at radius 1 is 1.36 bits per heavy atom. The lowest BCUT2D eigenvalue weighted by Gasteiger charge is -2.35. The molecule has 0 spiro atoms. The highest BCUT2D eigenvalue weighted by molar-refractivity contribution is 7.91. The zero-order valence-electron chi connectivity index (χ0n) is 13.9. The molecule has 1 aromatic carbocycles. The van der Waals surface area contributed by atoms with Crippen LogP contribution in [0.3, 0.4) is 0 Å². The van der Waals surface area contributed by atoms with E-state index in [-0.39, 0.29) is 30.4 Å². The van der Waals surface area contributed by atoms with E-state index in [0.29, 0.717) is 11.6 Å². The maximum Gasteiger partial charge on any atom is 0.227 e. The summed E-state index contributed by atoms with van der Waals surface area (Å²) in [6, 6.07) is 6.69. The summed E-state index contributed by atoms with van der Waals surface area (Å²) in [5.41, 5.74) is 1.49. The van der Waals surface area contributed by atoms with Crippen LogP contribution in [0.15, 0.2) is 36.7 Å². The molecule has 8 heteroatoms. The summed E-state index contributed by atoms with van der Waals surface area (Å²) in [5.74, 6) is -0.215. The fourth-order valence-corrected chi connectivity index (χ4v) is 4.71. The van der Waals surface area contributed by atoms with Crippen molar-refractivity contribution in [3.63, 3.8) is 0 Å². The lowest BCUT2D eigenvalue weighted by molar-refractivity contribution is -0.132.